The number of nitrogens with one attached hydrogen (secondary N) is 1. The Morgan fingerprint density at radius 1 is 1.32 bits per heavy atom. The molecule has 2 aromatic heterocycles. The third kappa shape index (κ3) is 4.70. The number of pyridine rings is 1. The molecule has 0 radical (unpaired) electrons. The van der Waals surface area contributed by atoms with Crippen molar-refractivity contribution in [2.75, 3.05) is 6.54 Å². The number of fused-ring (bicyclic) bond motifs is 1. The minimum Gasteiger partial charge on any atom is -0.444 e. The van der Waals surface area contributed by atoms with Crippen LogP contribution in [0.4, 0.5) is 4.79 Å². The summed E-state index contributed by atoms with van der Waals surface area (Å²) in [5, 5.41) is 2.98. The monoisotopic (exact) mass is 449 g/mol. The van der Waals surface area contributed by atoms with Crippen LogP contribution in [0.5, 0.6) is 0 Å². The summed E-state index contributed by atoms with van der Waals surface area (Å²) in [6.45, 7) is 10.8. The lowest BCUT2D eigenvalue weighted by Gasteiger charge is -2.44. The van der Waals surface area contributed by atoms with Gasteiger partial charge in [-0.2, -0.15) is 0 Å². The van der Waals surface area contributed by atoms with E-state index in [1.807, 2.05) is 26.8 Å². The number of hydrogen-bond donors (Lipinski definition) is 1. The molecule has 1 saturated carbocycles. The van der Waals surface area contributed by atoms with Crippen molar-refractivity contribution in [2.24, 2.45) is 5.41 Å². The second-order valence-corrected chi connectivity index (χ2v) is 10.5. The molecule has 0 saturated heterocycles. The van der Waals surface area contributed by atoms with Gasteiger partial charge in [0.25, 0.3) is 0 Å². The third-order valence-electron chi connectivity index (χ3n) is 6.11. The molecule has 3 rings (SSSR count). The van der Waals surface area contributed by atoms with Crippen molar-refractivity contribution in [3.8, 4) is 0 Å². The van der Waals surface area contributed by atoms with Gasteiger partial charge in [0.05, 0.1) is 5.69 Å². The van der Waals surface area contributed by atoms with Crippen LogP contribution in [0.1, 0.15) is 72.4 Å². The molecule has 154 valence electrons. The average molecular weight is 450 g/mol. The fraction of sp³-hybridized carbons (Fsp3) is 0.636. The number of carbonyl (C=O) groups is 1. The standard InChI is InChI=1S/C22H32BrN3O2/c1-6-22(17-14-26-12-7-16(23)13-18(26)25-17)10-8-21(5,9-11-22)15-24-19(27)28-20(2,3)4/h7,12-14H,6,8-11,15H2,1-5H3,(H,24,27)/t21-,22+. The molecule has 0 aliphatic heterocycles. The fourth-order valence-corrected chi connectivity index (χ4v) is 4.43. The maximum atomic E-state index is 12.0. The highest BCUT2D eigenvalue weighted by atomic mass is 79.9. The van der Waals surface area contributed by atoms with Gasteiger partial charge in [-0.3, -0.25) is 0 Å². The number of ether oxygens (including phenoxy) is 1. The highest BCUT2D eigenvalue weighted by Gasteiger charge is 2.42. The van der Waals surface area contributed by atoms with Crippen LogP contribution in [0.25, 0.3) is 5.65 Å². The summed E-state index contributed by atoms with van der Waals surface area (Å²) < 4.78 is 8.54. The Kier molecular flexibility index (Phi) is 5.81. The summed E-state index contributed by atoms with van der Waals surface area (Å²) in [6, 6.07) is 4.10. The Morgan fingerprint density at radius 3 is 2.61 bits per heavy atom. The van der Waals surface area contributed by atoms with Crippen LogP contribution in [0, 0.1) is 5.41 Å². The minimum atomic E-state index is -0.465. The second kappa shape index (κ2) is 7.69. The number of aromatic nitrogens is 2. The average Bonchev–Trinajstić information content (AvgIpc) is 3.03. The molecule has 0 spiro atoms. The summed E-state index contributed by atoms with van der Waals surface area (Å²) in [6.07, 6.45) is 9.29. The van der Waals surface area contributed by atoms with Crippen molar-refractivity contribution < 1.29 is 9.53 Å². The molecular formula is C22H32BrN3O2. The Bertz CT molecular complexity index is 845. The molecule has 0 bridgehead atoms. The topological polar surface area (TPSA) is 55.6 Å². The van der Waals surface area contributed by atoms with Crippen LogP contribution in [0.3, 0.4) is 0 Å². The number of nitrogens with zero attached hydrogens (tertiary/aromatic N) is 2. The first-order valence-corrected chi connectivity index (χ1v) is 11.0. The molecule has 2 aromatic rings. The van der Waals surface area contributed by atoms with E-state index < -0.39 is 5.60 Å². The highest BCUT2D eigenvalue weighted by molar-refractivity contribution is 9.10. The molecule has 5 nitrogen and oxygen atoms in total. The molecule has 6 heteroatoms. The summed E-state index contributed by atoms with van der Waals surface area (Å²) in [5.41, 5.74) is 1.92. The van der Waals surface area contributed by atoms with Gasteiger partial charge in [0.1, 0.15) is 11.2 Å². The zero-order valence-corrected chi connectivity index (χ0v) is 19.2. The second-order valence-electron chi connectivity index (χ2n) is 9.54. The van der Waals surface area contributed by atoms with Crippen molar-refractivity contribution in [3.05, 3.63) is 34.7 Å². The molecular weight excluding hydrogens is 418 g/mol. The largest absolute Gasteiger partial charge is 0.444 e. The molecule has 0 unspecified atom stereocenters. The zero-order chi connectivity index (χ0) is 20.6. The first kappa shape index (κ1) is 21.2. The van der Waals surface area contributed by atoms with Crippen LogP contribution in [0.2, 0.25) is 0 Å². The van der Waals surface area contributed by atoms with E-state index in [4.69, 9.17) is 9.72 Å². The maximum absolute atomic E-state index is 12.0. The quantitative estimate of drug-likeness (QED) is 0.636. The van der Waals surface area contributed by atoms with Gasteiger partial charge >= 0.3 is 6.09 Å². The lowest BCUT2D eigenvalue weighted by molar-refractivity contribution is 0.0474. The summed E-state index contributed by atoms with van der Waals surface area (Å²) in [7, 11) is 0. The Morgan fingerprint density at radius 2 is 2.00 bits per heavy atom. The molecule has 1 aliphatic rings. The first-order chi connectivity index (χ1) is 13.0. The van der Waals surface area contributed by atoms with Gasteiger partial charge in [-0.25, -0.2) is 9.78 Å². The Labute approximate surface area is 176 Å². The number of halogens is 1. The summed E-state index contributed by atoms with van der Waals surface area (Å²) >= 11 is 3.53. The van der Waals surface area contributed by atoms with Crippen LogP contribution < -0.4 is 5.32 Å². The van der Waals surface area contributed by atoms with Gasteiger partial charge in [-0.1, -0.05) is 29.8 Å². The van der Waals surface area contributed by atoms with Crippen molar-refractivity contribution in [2.45, 2.75) is 77.7 Å². The van der Waals surface area contributed by atoms with Crippen molar-refractivity contribution in [1.29, 1.82) is 0 Å². The molecule has 1 N–H and O–H groups in total. The maximum Gasteiger partial charge on any atom is 0.407 e. The van der Waals surface area contributed by atoms with E-state index in [0.717, 1.165) is 42.2 Å². The van der Waals surface area contributed by atoms with Gasteiger partial charge in [0, 0.05) is 28.8 Å². The van der Waals surface area contributed by atoms with Crippen molar-refractivity contribution in [3.63, 3.8) is 0 Å². The molecule has 0 atom stereocenters. The lowest BCUT2D eigenvalue weighted by Crippen LogP contribution is -2.43. The van der Waals surface area contributed by atoms with E-state index in [1.165, 1.54) is 5.69 Å². The Hall–Kier alpha value is -1.56. The smallest absolute Gasteiger partial charge is 0.407 e. The molecule has 1 amide bonds. The van der Waals surface area contributed by atoms with E-state index in [0.29, 0.717) is 6.54 Å². The number of imidazole rings is 1. The SMILES string of the molecule is CC[C@]1(c2cn3ccc(Br)cc3n2)CC[C@@](C)(CNC(=O)OC(C)(C)C)CC1. The third-order valence-corrected chi connectivity index (χ3v) is 6.61. The minimum absolute atomic E-state index is 0.0950. The van der Waals surface area contributed by atoms with E-state index in [1.54, 1.807) is 0 Å². The van der Waals surface area contributed by atoms with Crippen LogP contribution >= 0.6 is 15.9 Å². The van der Waals surface area contributed by atoms with Gasteiger partial charge in [-0.05, 0) is 70.4 Å². The Balaban J connectivity index is 1.68. The van der Waals surface area contributed by atoms with Crippen LogP contribution in [-0.2, 0) is 10.2 Å². The van der Waals surface area contributed by atoms with Gasteiger partial charge in [0.15, 0.2) is 0 Å². The normalized spacial score (nSPS) is 25.6. The molecule has 1 fully saturated rings. The highest BCUT2D eigenvalue weighted by Crippen LogP contribution is 2.48. The van der Waals surface area contributed by atoms with Crippen LogP contribution in [-0.4, -0.2) is 27.6 Å². The van der Waals surface area contributed by atoms with Crippen LogP contribution in [0.15, 0.2) is 29.0 Å². The number of hydrogen-bond acceptors (Lipinski definition) is 3. The predicted octanol–water partition coefficient (Wildman–Crippen LogP) is 5.85. The van der Waals surface area contributed by atoms with Gasteiger partial charge in [0.2, 0.25) is 0 Å². The summed E-state index contributed by atoms with van der Waals surface area (Å²) in [4.78, 5) is 17.0. The number of carbonyl (C=O) groups excluding carboxylic acids is 1. The van der Waals surface area contributed by atoms with Gasteiger partial charge in [-0.15, -0.1) is 0 Å². The van der Waals surface area contributed by atoms with E-state index in [-0.39, 0.29) is 16.9 Å². The molecule has 2 heterocycles. The first-order valence-electron chi connectivity index (χ1n) is 10.2. The fourth-order valence-electron chi connectivity index (χ4n) is 4.11. The predicted molar refractivity (Wildman–Crippen MR) is 116 cm³/mol. The zero-order valence-electron chi connectivity index (χ0n) is 17.6. The van der Waals surface area contributed by atoms with Crippen molar-refractivity contribution in [1.82, 2.24) is 14.7 Å². The van der Waals surface area contributed by atoms with E-state index in [2.05, 4.69) is 58.0 Å². The number of alkyl carbamates (subject to hydrolysis) is 1. The van der Waals surface area contributed by atoms with E-state index >= 15 is 0 Å². The molecule has 1 aliphatic carbocycles. The molecule has 0 aromatic carbocycles. The summed E-state index contributed by atoms with van der Waals surface area (Å²) in [5.74, 6) is 0. The number of amides is 1. The number of rotatable bonds is 4. The lowest BCUT2D eigenvalue weighted by atomic mass is 9.62. The molecule has 28 heavy (non-hydrogen) atoms. The van der Waals surface area contributed by atoms with Gasteiger partial charge < -0.3 is 14.5 Å². The van der Waals surface area contributed by atoms with E-state index in [9.17, 15) is 4.79 Å². The van der Waals surface area contributed by atoms with Crippen molar-refractivity contribution >= 4 is 27.7 Å².